The Hall–Kier alpha value is -4.03. The maximum absolute atomic E-state index is 15.2. The van der Waals surface area contributed by atoms with E-state index in [0.717, 1.165) is 23.1 Å². The second kappa shape index (κ2) is 9.37. The van der Waals surface area contributed by atoms with Crippen LogP contribution < -0.4 is 15.4 Å². The average Bonchev–Trinajstić information content (AvgIpc) is 3.31. The summed E-state index contributed by atoms with van der Waals surface area (Å²) in [6.45, 7) is 2.68. The van der Waals surface area contributed by atoms with Gasteiger partial charge in [0.25, 0.3) is 5.89 Å². The van der Waals surface area contributed by atoms with Gasteiger partial charge in [0.1, 0.15) is 17.0 Å². The van der Waals surface area contributed by atoms with Gasteiger partial charge in [0.2, 0.25) is 11.8 Å². The van der Waals surface area contributed by atoms with Gasteiger partial charge in [-0.2, -0.15) is 5.26 Å². The Morgan fingerprint density at radius 3 is 2.47 bits per heavy atom. The van der Waals surface area contributed by atoms with Gasteiger partial charge in [-0.15, -0.1) is 23.4 Å². The first-order valence-corrected chi connectivity index (χ1v) is 12.5. The van der Waals surface area contributed by atoms with Crippen LogP contribution in [0.5, 0.6) is 5.75 Å². The molecule has 3 aromatic rings. The average molecular weight is 553 g/mol. The predicted octanol–water partition coefficient (Wildman–Crippen LogP) is 3.22. The molecule has 15 heteroatoms. The molecule has 2 N–H and O–H groups in total. The Labute approximate surface area is 213 Å². The first-order valence-electron chi connectivity index (χ1n) is 10.8. The first kappa shape index (κ1) is 27.0. The molecule has 0 saturated heterocycles. The lowest BCUT2D eigenvalue weighted by molar-refractivity contribution is -0.274. The molecule has 1 aliphatic rings. The maximum atomic E-state index is 15.2. The third kappa shape index (κ3) is 5.31. The fourth-order valence-corrected chi connectivity index (χ4v) is 5.22. The second-order valence-electron chi connectivity index (χ2n) is 8.95. The van der Waals surface area contributed by atoms with Gasteiger partial charge in [-0.1, -0.05) is 12.1 Å². The fourth-order valence-electron chi connectivity index (χ4n) is 3.66. The number of amides is 1. The van der Waals surface area contributed by atoms with E-state index >= 15 is 4.39 Å². The standard InChI is InChI=1S/C23H19F4N5O5S/c1-22(2,11-28)21-31-30-19(36-21)14-7-17-18(8-15(14)24)38(34,35)10-16(29)20(33)32(17)9-12-3-5-13(6-4-12)37-23(25,26)27/h3-8,16H,9-10,29H2,1-2H3/t16-/m0/s1. The lowest BCUT2D eigenvalue weighted by atomic mass is 9.96. The second-order valence-corrected chi connectivity index (χ2v) is 11.0. The number of carbonyl (C=O) groups is 1. The highest BCUT2D eigenvalue weighted by Gasteiger charge is 2.38. The van der Waals surface area contributed by atoms with Crippen LogP contribution in [0.3, 0.4) is 0 Å². The molecule has 0 spiro atoms. The number of anilines is 1. The molecule has 1 atom stereocenters. The molecular formula is C23H19F4N5O5S. The molecule has 2 aromatic carbocycles. The van der Waals surface area contributed by atoms with E-state index in [0.29, 0.717) is 11.6 Å². The van der Waals surface area contributed by atoms with Crippen molar-refractivity contribution in [3.8, 4) is 23.3 Å². The number of fused-ring (bicyclic) bond motifs is 1. The van der Waals surface area contributed by atoms with Crippen molar-refractivity contribution in [1.82, 2.24) is 10.2 Å². The van der Waals surface area contributed by atoms with Gasteiger partial charge in [0, 0.05) is 0 Å². The Morgan fingerprint density at radius 1 is 1.21 bits per heavy atom. The van der Waals surface area contributed by atoms with Crippen molar-refractivity contribution in [3.63, 3.8) is 0 Å². The summed E-state index contributed by atoms with van der Waals surface area (Å²) in [5.74, 6) is -3.65. The highest BCUT2D eigenvalue weighted by atomic mass is 32.2. The number of nitriles is 1. The number of carbonyl (C=O) groups excluding carboxylic acids is 1. The quantitative estimate of drug-likeness (QED) is 0.469. The molecule has 4 rings (SSSR count). The number of aromatic nitrogens is 2. The molecule has 0 aliphatic carbocycles. The highest BCUT2D eigenvalue weighted by Crippen LogP contribution is 2.37. The topological polar surface area (TPSA) is 152 Å². The number of alkyl halides is 3. The highest BCUT2D eigenvalue weighted by molar-refractivity contribution is 7.91. The Balaban J connectivity index is 1.81. The van der Waals surface area contributed by atoms with Crippen molar-refractivity contribution in [2.45, 2.75) is 43.1 Å². The number of hydrogen-bond donors (Lipinski definition) is 1. The number of hydrogen-bond acceptors (Lipinski definition) is 9. The van der Waals surface area contributed by atoms with Crippen LogP contribution in [-0.4, -0.2) is 42.7 Å². The fraction of sp³-hybridized carbons (Fsp3) is 0.304. The number of halogens is 4. The van der Waals surface area contributed by atoms with E-state index in [1.54, 1.807) is 0 Å². The first-order chi connectivity index (χ1) is 17.6. The number of rotatable bonds is 5. The van der Waals surface area contributed by atoms with Crippen molar-refractivity contribution in [1.29, 1.82) is 5.26 Å². The third-order valence-corrected chi connectivity index (χ3v) is 7.42. The minimum absolute atomic E-state index is 0.118. The van der Waals surface area contributed by atoms with E-state index in [1.807, 2.05) is 6.07 Å². The van der Waals surface area contributed by atoms with E-state index in [4.69, 9.17) is 10.2 Å². The minimum atomic E-state index is -4.90. The van der Waals surface area contributed by atoms with Crippen LogP contribution >= 0.6 is 0 Å². The summed E-state index contributed by atoms with van der Waals surface area (Å²) < 4.78 is 87.8. The molecule has 0 saturated carbocycles. The van der Waals surface area contributed by atoms with Gasteiger partial charge in [-0.25, -0.2) is 12.8 Å². The lowest BCUT2D eigenvalue weighted by Crippen LogP contribution is -2.45. The smallest absolute Gasteiger partial charge is 0.419 e. The summed E-state index contributed by atoms with van der Waals surface area (Å²) in [6.07, 6.45) is -4.90. The van der Waals surface area contributed by atoms with Crippen LogP contribution in [0.4, 0.5) is 23.2 Å². The van der Waals surface area contributed by atoms with Gasteiger partial charge < -0.3 is 19.8 Å². The normalized spacial score (nSPS) is 17.5. The van der Waals surface area contributed by atoms with Crippen LogP contribution in [-0.2, 0) is 26.6 Å². The Morgan fingerprint density at radius 2 is 1.87 bits per heavy atom. The third-order valence-electron chi connectivity index (χ3n) is 5.62. The molecule has 2 heterocycles. The number of nitrogens with zero attached hydrogens (tertiary/aromatic N) is 4. The van der Waals surface area contributed by atoms with Gasteiger partial charge in [-0.05, 0) is 43.7 Å². The summed E-state index contributed by atoms with van der Waals surface area (Å²) in [5, 5.41) is 16.8. The van der Waals surface area contributed by atoms with Crippen molar-refractivity contribution in [2.24, 2.45) is 5.73 Å². The zero-order valence-electron chi connectivity index (χ0n) is 19.8. The van der Waals surface area contributed by atoms with Gasteiger partial charge in [0.15, 0.2) is 9.84 Å². The van der Waals surface area contributed by atoms with Crippen LogP contribution in [0.25, 0.3) is 11.5 Å². The van der Waals surface area contributed by atoms with E-state index < -0.39 is 55.8 Å². The summed E-state index contributed by atoms with van der Waals surface area (Å²) in [5.41, 5.74) is 4.36. The van der Waals surface area contributed by atoms with Gasteiger partial charge in [-0.3, -0.25) is 4.79 Å². The molecule has 0 fully saturated rings. The number of benzene rings is 2. The van der Waals surface area contributed by atoms with Crippen LogP contribution in [0.15, 0.2) is 45.7 Å². The zero-order chi connectivity index (χ0) is 28.0. The van der Waals surface area contributed by atoms with Crippen LogP contribution in [0, 0.1) is 17.1 Å². The summed E-state index contributed by atoms with van der Waals surface area (Å²) in [4.78, 5) is 13.6. The van der Waals surface area contributed by atoms with E-state index in [9.17, 15) is 31.6 Å². The monoisotopic (exact) mass is 553 g/mol. The van der Waals surface area contributed by atoms with Gasteiger partial charge in [0.05, 0.1) is 40.6 Å². The summed E-state index contributed by atoms with van der Waals surface area (Å²) in [7, 11) is -4.24. The molecule has 0 radical (unpaired) electrons. The van der Waals surface area contributed by atoms with Gasteiger partial charge >= 0.3 is 6.36 Å². The van der Waals surface area contributed by atoms with Crippen LogP contribution in [0.2, 0.25) is 0 Å². The molecular weight excluding hydrogens is 534 g/mol. The van der Waals surface area contributed by atoms with E-state index in [1.165, 1.54) is 26.0 Å². The summed E-state index contributed by atoms with van der Waals surface area (Å²) >= 11 is 0. The molecule has 10 nitrogen and oxygen atoms in total. The maximum Gasteiger partial charge on any atom is 0.573 e. The Kier molecular flexibility index (Phi) is 6.66. The van der Waals surface area contributed by atoms with Crippen molar-refractivity contribution < 1.29 is 39.9 Å². The SMILES string of the molecule is CC(C)(C#N)c1nnc(-c2cc3c(cc2F)S(=O)(=O)C[C@H](N)C(=O)N3Cc2ccc(OC(F)(F)F)cc2)o1. The number of sulfone groups is 1. The molecule has 1 aromatic heterocycles. The molecule has 0 bridgehead atoms. The van der Waals surface area contributed by atoms with Crippen molar-refractivity contribution >= 4 is 21.4 Å². The molecule has 200 valence electrons. The minimum Gasteiger partial charge on any atom is -0.419 e. The van der Waals surface area contributed by atoms with Crippen LogP contribution in [0.1, 0.15) is 25.3 Å². The largest absolute Gasteiger partial charge is 0.573 e. The number of nitrogens with two attached hydrogens (primary N) is 1. The zero-order valence-corrected chi connectivity index (χ0v) is 20.6. The van der Waals surface area contributed by atoms with Crippen molar-refractivity contribution in [2.75, 3.05) is 10.7 Å². The molecule has 1 aliphatic heterocycles. The molecule has 1 amide bonds. The molecule has 38 heavy (non-hydrogen) atoms. The molecule has 0 unspecified atom stereocenters. The number of ether oxygens (including phenoxy) is 1. The Bertz CT molecular complexity index is 1550. The van der Waals surface area contributed by atoms with E-state index in [-0.39, 0.29) is 29.6 Å². The van der Waals surface area contributed by atoms with Crippen molar-refractivity contribution in [3.05, 3.63) is 53.7 Å². The lowest BCUT2D eigenvalue weighted by Gasteiger charge is -2.24. The van der Waals surface area contributed by atoms with E-state index in [2.05, 4.69) is 14.9 Å². The summed E-state index contributed by atoms with van der Waals surface area (Å²) in [6, 6.07) is 6.74. The predicted molar refractivity (Wildman–Crippen MR) is 123 cm³/mol.